The second-order valence-corrected chi connectivity index (χ2v) is 5.74. The highest BCUT2D eigenvalue weighted by Gasteiger charge is 2.45. The number of methoxy groups -OCH3 is 1. The molecule has 21 heavy (non-hydrogen) atoms. The first kappa shape index (κ1) is 15.1. The molecule has 1 aromatic carbocycles. The van der Waals surface area contributed by atoms with Gasteiger partial charge < -0.3 is 9.57 Å². The molecule has 0 radical (unpaired) electrons. The lowest BCUT2D eigenvalue weighted by atomic mass is 9.93. The van der Waals surface area contributed by atoms with Crippen LogP contribution >= 0.6 is 0 Å². The summed E-state index contributed by atoms with van der Waals surface area (Å²) in [7, 11) is 3.09. The Hall–Kier alpha value is -2.30. The van der Waals surface area contributed by atoms with Gasteiger partial charge in [0.1, 0.15) is 12.9 Å². The molecule has 1 amide bonds. The maximum absolute atomic E-state index is 12.3. The van der Waals surface area contributed by atoms with Gasteiger partial charge in [-0.25, -0.2) is 0 Å². The Morgan fingerprint density at radius 1 is 1.14 bits per heavy atom. The zero-order chi connectivity index (χ0) is 15.6. The zero-order valence-corrected chi connectivity index (χ0v) is 13.0. The third-order valence-electron chi connectivity index (χ3n) is 3.16. The number of hydrogen-bond acceptors (Lipinski definition) is 4. The fraction of sp³-hybridized carbons (Fsp3) is 0.375. The third-order valence-corrected chi connectivity index (χ3v) is 3.16. The first-order valence-electron chi connectivity index (χ1n) is 6.70. The van der Waals surface area contributed by atoms with Gasteiger partial charge in [0.15, 0.2) is 5.84 Å². The van der Waals surface area contributed by atoms with Crippen molar-refractivity contribution in [3.8, 4) is 5.75 Å². The Kier molecular flexibility index (Phi) is 4.02. The van der Waals surface area contributed by atoms with E-state index >= 15 is 0 Å². The predicted molar refractivity (Wildman–Crippen MR) is 82.0 cm³/mol. The van der Waals surface area contributed by atoms with Gasteiger partial charge in [0.25, 0.3) is 5.91 Å². The topological polar surface area (TPSA) is 51.1 Å². The molecule has 1 aromatic rings. The van der Waals surface area contributed by atoms with E-state index in [1.54, 1.807) is 12.0 Å². The van der Waals surface area contributed by atoms with Gasteiger partial charge in [-0.05, 0) is 44.5 Å². The molecule has 1 heterocycles. The van der Waals surface area contributed by atoms with Crippen LogP contribution in [-0.4, -0.2) is 36.4 Å². The number of carbonyl (C=O) groups is 1. The second kappa shape index (κ2) is 5.60. The Bertz CT molecular complexity index is 595. The molecule has 0 atom stereocenters. The SMILES string of the molecule is CO/N=C1\C(=C/c2ccc(OC)cc2)C(=O)N1C(C)(C)C. The lowest BCUT2D eigenvalue weighted by Gasteiger charge is -2.43. The minimum atomic E-state index is -0.328. The number of hydrogen-bond donors (Lipinski definition) is 0. The van der Waals surface area contributed by atoms with Crippen LogP contribution in [0.2, 0.25) is 0 Å². The Labute approximate surface area is 124 Å². The first-order chi connectivity index (χ1) is 9.88. The number of amidine groups is 1. The maximum atomic E-state index is 12.3. The molecule has 0 N–H and O–H groups in total. The van der Waals surface area contributed by atoms with Crippen LogP contribution < -0.4 is 4.74 Å². The van der Waals surface area contributed by atoms with Crippen molar-refractivity contribution < 1.29 is 14.4 Å². The van der Waals surface area contributed by atoms with E-state index in [2.05, 4.69) is 5.16 Å². The first-order valence-corrected chi connectivity index (χ1v) is 6.70. The predicted octanol–water partition coefficient (Wildman–Crippen LogP) is 2.68. The van der Waals surface area contributed by atoms with Crippen molar-refractivity contribution >= 4 is 17.8 Å². The molecule has 0 aliphatic carbocycles. The fourth-order valence-corrected chi connectivity index (χ4v) is 2.17. The van der Waals surface area contributed by atoms with Gasteiger partial charge in [-0.2, -0.15) is 0 Å². The largest absolute Gasteiger partial charge is 0.497 e. The van der Waals surface area contributed by atoms with Crippen LogP contribution in [0.1, 0.15) is 26.3 Å². The van der Waals surface area contributed by atoms with Crippen molar-refractivity contribution in [1.82, 2.24) is 4.90 Å². The van der Waals surface area contributed by atoms with Crippen LogP contribution in [0, 0.1) is 0 Å². The second-order valence-electron chi connectivity index (χ2n) is 5.74. The van der Waals surface area contributed by atoms with Crippen molar-refractivity contribution in [3.63, 3.8) is 0 Å². The molecule has 5 nitrogen and oxygen atoms in total. The van der Waals surface area contributed by atoms with E-state index in [9.17, 15) is 4.79 Å². The van der Waals surface area contributed by atoms with Crippen LogP contribution in [0.5, 0.6) is 5.75 Å². The molecule has 0 unspecified atom stereocenters. The van der Waals surface area contributed by atoms with Gasteiger partial charge in [-0.1, -0.05) is 17.3 Å². The number of benzene rings is 1. The normalized spacial score (nSPS) is 18.9. The average Bonchev–Trinajstić information content (AvgIpc) is 2.43. The molecular weight excluding hydrogens is 268 g/mol. The van der Waals surface area contributed by atoms with Gasteiger partial charge in [-0.15, -0.1) is 0 Å². The quantitative estimate of drug-likeness (QED) is 0.488. The summed E-state index contributed by atoms with van der Waals surface area (Å²) in [6.07, 6.45) is 1.81. The summed E-state index contributed by atoms with van der Waals surface area (Å²) >= 11 is 0. The number of carbonyl (C=O) groups excluding carboxylic acids is 1. The summed E-state index contributed by atoms with van der Waals surface area (Å²) in [4.78, 5) is 18.8. The van der Waals surface area contributed by atoms with Crippen LogP contribution in [0.3, 0.4) is 0 Å². The number of nitrogens with zero attached hydrogens (tertiary/aromatic N) is 2. The van der Waals surface area contributed by atoms with Crippen molar-refractivity contribution in [1.29, 1.82) is 0 Å². The minimum Gasteiger partial charge on any atom is -0.497 e. The lowest BCUT2D eigenvalue weighted by molar-refractivity contribution is -0.129. The maximum Gasteiger partial charge on any atom is 0.263 e. The van der Waals surface area contributed by atoms with Crippen molar-refractivity contribution in [3.05, 3.63) is 35.4 Å². The van der Waals surface area contributed by atoms with E-state index in [1.807, 2.05) is 51.1 Å². The molecule has 112 valence electrons. The van der Waals surface area contributed by atoms with E-state index in [1.165, 1.54) is 7.11 Å². The molecule has 0 bridgehead atoms. The molecule has 0 aromatic heterocycles. The highest BCUT2D eigenvalue weighted by molar-refractivity contribution is 6.38. The van der Waals surface area contributed by atoms with Crippen LogP contribution in [0.25, 0.3) is 6.08 Å². The summed E-state index contributed by atoms with van der Waals surface area (Å²) in [5.41, 5.74) is 1.14. The molecule has 0 spiro atoms. The van der Waals surface area contributed by atoms with Crippen molar-refractivity contribution in [2.45, 2.75) is 26.3 Å². The number of amides is 1. The van der Waals surface area contributed by atoms with Crippen LogP contribution in [0.15, 0.2) is 35.0 Å². The monoisotopic (exact) mass is 288 g/mol. The number of β-lactam (4-membered cyclic amide) rings is 1. The number of likely N-dealkylation sites (tertiary alicyclic amines) is 1. The Morgan fingerprint density at radius 3 is 2.24 bits per heavy atom. The third kappa shape index (κ3) is 2.91. The van der Waals surface area contributed by atoms with E-state index < -0.39 is 0 Å². The fourth-order valence-electron chi connectivity index (χ4n) is 2.17. The van der Waals surface area contributed by atoms with E-state index in [0.717, 1.165) is 11.3 Å². The summed E-state index contributed by atoms with van der Waals surface area (Å²) in [5.74, 6) is 1.29. The Morgan fingerprint density at radius 2 is 1.76 bits per heavy atom. The highest BCUT2D eigenvalue weighted by Crippen LogP contribution is 2.31. The minimum absolute atomic E-state index is 0.0471. The number of ether oxygens (including phenoxy) is 1. The molecule has 5 heteroatoms. The van der Waals surface area contributed by atoms with Gasteiger partial charge >= 0.3 is 0 Å². The number of oxime groups is 1. The van der Waals surface area contributed by atoms with Gasteiger partial charge in [-0.3, -0.25) is 9.69 Å². The molecule has 0 saturated carbocycles. The molecular formula is C16H20N2O3. The van der Waals surface area contributed by atoms with Crippen molar-refractivity contribution in [2.75, 3.05) is 14.2 Å². The summed E-state index contributed by atoms with van der Waals surface area (Å²) < 4.78 is 5.12. The van der Waals surface area contributed by atoms with Crippen LogP contribution in [-0.2, 0) is 9.63 Å². The van der Waals surface area contributed by atoms with Gasteiger partial charge in [0.2, 0.25) is 0 Å². The summed E-state index contributed by atoms with van der Waals surface area (Å²) in [6.45, 7) is 5.88. The van der Waals surface area contributed by atoms with E-state index in [0.29, 0.717) is 11.4 Å². The lowest BCUT2D eigenvalue weighted by Crippen LogP contribution is -2.60. The highest BCUT2D eigenvalue weighted by atomic mass is 16.6. The Balaban J connectivity index is 2.32. The van der Waals surface area contributed by atoms with Gasteiger partial charge in [0, 0.05) is 5.54 Å². The molecule has 1 fully saturated rings. The summed E-state index contributed by atoms with van der Waals surface area (Å²) in [5, 5.41) is 3.97. The zero-order valence-electron chi connectivity index (χ0n) is 13.0. The number of rotatable bonds is 3. The molecule has 1 aliphatic heterocycles. The molecule has 1 saturated heterocycles. The molecule has 1 aliphatic rings. The summed E-state index contributed by atoms with van der Waals surface area (Å²) in [6, 6.07) is 7.49. The average molecular weight is 288 g/mol. The smallest absolute Gasteiger partial charge is 0.263 e. The molecule has 2 rings (SSSR count). The van der Waals surface area contributed by atoms with Crippen LogP contribution in [0.4, 0.5) is 0 Å². The van der Waals surface area contributed by atoms with Gasteiger partial charge in [0.05, 0.1) is 12.7 Å². The van der Waals surface area contributed by atoms with Crippen molar-refractivity contribution in [2.24, 2.45) is 5.16 Å². The standard InChI is InChI=1S/C16H20N2O3/c1-16(2,3)18-14(17-21-5)13(15(18)19)10-11-6-8-12(20-4)9-7-11/h6-10H,1-5H3/b13-10+,17-14+. The van der Waals surface area contributed by atoms with E-state index in [4.69, 9.17) is 9.57 Å². The van der Waals surface area contributed by atoms with E-state index in [-0.39, 0.29) is 11.4 Å².